The van der Waals surface area contributed by atoms with Gasteiger partial charge in [-0.1, -0.05) is 36.7 Å². The molecule has 0 atom stereocenters. The molecular formula is C29H26ClN3O5. The Kier molecular flexibility index (Phi) is 7.93. The molecule has 0 spiro atoms. The van der Waals surface area contributed by atoms with Gasteiger partial charge >= 0.3 is 5.97 Å². The highest BCUT2D eigenvalue weighted by molar-refractivity contribution is 6.53. The average molecular weight is 532 g/mol. The molecule has 0 radical (unpaired) electrons. The Bertz CT molecular complexity index is 1460. The van der Waals surface area contributed by atoms with E-state index < -0.39 is 17.8 Å². The van der Waals surface area contributed by atoms with Crippen LogP contribution in [0.15, 0.2) is 77.5 Å². The lowest BCUT2D eigenvalue weighted by Crippen LogP contribution is -2.33. The number of aryl methyl sites for hydroxylation is 2. The van der Waals surface area contributed by atoms with Gasteiger partial charge in [0.05, 0.1) is 17.9 Å². The quantitative estimate of drug-likeness (QED) is 0.291. The van der Waals surface area contributed by atoms with Gasteiger partial charge in [0.25, 0.3) is 17.7 Å². The summed E-state index contributed by atoms with van der Waals surface area (Å²) in [7, 11) is 0. The maximum atomic E-state index is 13.2. The minimum atomic E-state index is -0.765. The largest absolute Gasteiger partial charge is 0.462 e. The van der Waals surface area contributed by atoms with Crippen molar-refractivity contribution in [2.75, 3.05) is 22.1 Å². The Morgan fingerprint density at radius 1 is 0.895 bits per heavy atom. The predicted octanol–water partition coefficient (Wildman–Crippen LogP) is 5.56. The number of nitrogens with zero attached hydrogens (tertiary/aromatic N) is 1. The second-order valence-electron chi connectivity index (χ2n) is 8.74. The molecule has 1 heterocycles. The van der Waals surface area contributed by atoms with E-state index in [1.54, 1.807) is 36.4 Å². The minimum absolute atomic E-state index is 0.0764. The minimum Gasteiger partial charge on any atom is -0.462 e. The van der Waals surface area contributed by atoms with Crippen molar-refractivity contribution in [2.45, 2.75) is 27.2 Å². The molecule has 38 heavy (non-hydrogen) atoms. The van der Waals surface area contributed by atoms with Crippen molar-refractivity contribution < 1.29 is 23.9 Å². The van der Waals surface area contributed by atoms with Crippen LogP contribution < -0.4 is 15.5 Å². The van der Waals surface area contributed by atoms with Crippen molar-refractivity contribution in [3.63, 3.8) is 0 Å². The van der Waals surface area contributed by atoms with Gasteiger partial charge in [-0.25, -0.2) is 9.69 Å². The van der Waals surface area contributed by atoms with Crippen LogP contribution in [0, 0.1) is 13.8 Å². The SMILES string of the molecule is CCCOC(=O)c1ccccc1N1C(=O)C(Cl)=C(Nc2ccc(C(=O)Nc3ccc(C)c(C)c3)cc2)C1=O. The molecule has 0 bridgehead atoms. The van der Waals surface area contributed by atoms with Crippen LogP contribution in [-0.2, 0) is 14.3 Å². The molecule has 8 nitrogen and oxygen atoms in total. The molecule has 4 rings (SSSR count). The lowest BCUT2D eigenvalue weighted by atomic mass is 10.1. The van der Waals surface area contributed by atoms with Gasteiger partial charge in [-0.15, -0.1) is 0 Å². The maximum Gasteiger partial charge on any atom is 0.340 e. The fraction of sp³-hybridized carbons (Fsp3) is 0.172. The van der Waals surface area contributed by atoms with E-state index in [2.05, 4.69) is 10.6 Å². The Morgan fingerprint density at radius 2 is 1.58 bits per heavy atom. The standard InChI is InChI=1S/C29H26ClN3O5/c1-4-15-38-29(37)22-7-5-6-8-23(22)33-27(35)24(30)25(28(33)36)31-20-13-10-19(11-14-20)26(34)32-21-12-9-17(2)18(3)16-21/h5-14,16,31H,4,15H2,1-3H3,(H,32,34). The number of hydrogen-bond donors (Lipinski definition) is 2. The summed E-state index contributed by atoms with van der Waals surface area (Å²) < 4.78 is 5.19. The average Bonchev–Trinajstić information content (AvgIpc) is 3.12. The zero-order chi connectivity index (χ0) is 27.4. The number of amides is 3. The van der Waals surface area contributed by atoms with Crippen LogP contribution in [0.2, 0.25) is 0 Å². The third-order valence-electron chi connectivity index (χ3n) is 6.01. The van der Waals surface area contributed by atoms with E-state index in [1.807, 2.05) is 39.0 Å². The number of anilines is 3. The lowest BCUT2D eigenvalue weighted by molar-refractivity contribution is -0.120. The van der Waals surface area contributed by atoms with Gasteiger partial charge in [0, 0.05) is 16.9 Å². The maximum absolute atomic E-state index is 13.2. The number of ether oxygens (including phenoxy) is 1. The molecule has 0 unspecified atom stereocenters. The van der Waals surface area contributed by atoms with Crippen molar-refractivity contribution in [1.29, 1.82) is 0 Å². The molecule has 3 aromatic carbocycles. The monoisotopic (exact) mass is 531 g/mol. The van der Waals surface area contributed by atoms with E-state index in [4.69, 9.17) is 16.3 Å². The van der Waals surface area contributed by atoms with E-state index in [0.717, 1.165) is 16.0 Å². The van der Waals surface area contributed by atoms with Crippen LogP contribution in [0.1, 0.15) is 45.2 Å². The highest BCUT2D eigenvalue weighted by Crippen LogP contribution is 2.32. The van der Waals surface area contributed by atoms with E-state index in [-0.39, 0.29) is 34.5 Å². The van der Waals surface area contributed by atoms with Crippen molar-refractivity contribution in [3.8, 4) is 0 Å². The van der Waals surface area contributed by atoms with Gasteiger partial charge in [-0.05, 0) is 79.9 Å². The Balaban J connectivity index is 1.50. The van der Waals surface area contributed by atoms with Crippen LogP contribution in [-0.4, -0.2) is 30.3 Å². The molecule has 1 aliphatic rings. The first-order valence-corrected chi connectivity index (χ1v) is 12.4. The first-order chi connectivity index (χ1) is 18.2. The summed E-state index contributed by atoms with van der Waals surface area (Å²) in [5.74, 6) is -2.41. The van der Waals surface area contributed by atoms with Crippen molar-refractivity contribution in [2.24, 2.45) is 0 Å². The first-order valence-electron chi connectivity index (χ1n) is 12.0. The fourth-order valence-electron chi connectivity index (χ4n) is 3.82. The molecule has 0 aliphatic carbocycles. The number of rotatable bonds is 8. The normalized spacial score (nSPS) is 13.1. The smallest absolute Gasteiger partial charge is 0.340 e. The van der Waals surface area contributed by atoms with Crippen molar-refractivity contribution in [1.82, 2.24) is 0 Å². The van der Waals surface area contributed by atoms with Gasteiger partial charge in [0.1, 0.15) is 10.7 Å². The third-order valence-corrected chi connectivity index (χ3v) is 6.36. The van der Waals surface area contributed by atoms with Crippen LogP contribution in [0.25, 0.3) is 0 Å². The molecule has 194 valence electrons. The number of para-hydroxylation sites is 1. The van der Waals surface area contributed by atoms with Crippen LogP contribution >= 0.6 is 11.6 Å². The van der Waals surface area contributed by atoms with E-state index in [0.29, 0.717) is 23.4 Å². The van der Waals surface area contributed by atoms with E-state index in [1.165, 1.54) is 12.1 Å². The van der Waals surface area contributed by atoms with Crippen LogP contribution in [0.4, 0.5) is 17.1 Å². The van der Waals surface area contributed by atoms with Crippen molar-refractivity contribution in [3.05, 3.63) is 99.7 Å². The second-order valence-corrected chi connectivity index (χ2v) is 9.12. The number of halogens is 1. The summed E-state index contributed by atoms with van der Waals surface area (Å²) in [4.78, 5) is 52.2. The highest BCUT2D eigenvalue weighted by atomic mass is 35.5. The molecule has 1 aliphatic heterocycles. The molecule has 0 fully saturated rings. The first kappa shape index (κ1) is 26.6. The molecule has 0 saturated heterocycles. The molecule has 0 aromatic heterocycles. The number of esters is 1. The molecular weight excluding hydrogens is 506 g/mol. The summed E-state index contributed by atoms with van der Waals surface area (Å²) in [6.45, 7) is 6.03. The molecule has 0 saturated carbocycles. The summed E-state index contributed by atoms with van der Waals surface area (Å²) >= 11 is 6.25. The number of nitrogens with one attached hydrogen (secondary N) is 2. The number of benzene rings is 3. The van der Waals surface area contributed by atoms with E-state index in [9.17, 15) is 19.2 Å². The summed E-state index contributed by atoms with van der Waals surface area (Å²) in [5, 5.41) is 5.41. The van der Waals surface area contributed by atoms with Gasteiger partial charge in [0.15, 0.2) is 0 Å². The van der Waals surface area contributed by atoms with Gasteiger partial charge in [0.2, 0.25) is 0 Å². The zero-order valence-electron chi connectivity index (χ0n) is 21.1. The molecule has 3 aromatic rings. The van der Waals surface area contributed by atoms with E-state index >= 15 is 0 Å². The molecule has 9 heteroatoms. The van der Waals surface area contributed by atoms with Crippen LogP contribution in [0.5, 0.6) is 0 Å². The lowest BCUT2D eigenvalue weighted by Gasteiger charge is -2.18. The van der Waals surface area contributed by atoms with Gasteiger partial charge < -0.3 is 15.4 Å². The molecule has 2 N–H and O–H groups in total. The summed E-state index contributed by atoms with van der Waals surface area (Å²) in [6, 6.07) is 18.2. The summed E-state index contributed by atoms with van der Waals surface area (Å²) in [6.07, 6.45) is 0.628. The number of carbonyl (C=O) groups excluding carboxylic acids is 4. The highest BCUT2D eigenvalue weighted by Gasteiger charge is 2.40. The Hall–Kier alpha value is -4.43. The molecule has 3 amide bonds. The number of carbonyl (C=O) groups is 4. The Morgan fingerprint density at radius 3 is 2.26 bits per heavy atom. The predicted molar refractivity (Wildman–Crippen MR) is 146 cm³/mol. The second kappa shape index (κ2) is 11.3. The number of hydrogen-bond acceptors (Lipinski definition) is 6. The topological polar surface area (TPSA) is 105 Å². The zero-order valence-corrected chi connectivity index (χ0v) is 21.9. The third kappa shape index (κ3) is 5.45. The van der Waals surface area contributed by atoms with Gasteiger partial charge in [-0.2, -0.15) is 0 Å². The fourth-order valence-corrected chi connectivity index (χ4v) is 4.03. The van der Waals surface area contributed by atoms with Crippen LogP contribution in [0.3, 0.4) is 0 Å². The Labute approximate surface area is 225 Å². The van der Waals surface area contributed by atoms with Crippen molar-refractivity contribution >= 4 is 52.4 Å². The summed E-state index contributed by atoms with van der Waals surface area (Å²) in [5.41, 5.74) is 3.75. The number of imide groups is 1. The van der Waals surface area contributed by atoms with Gasteiger partial charge in [-0.3, -0.25) is 14.4 Å².